The first-order valence-electron chi connectivity index (χ1n) is 7.33. The fourth-order valence-corrected chi connectivity index (χ4v) is 2.13. The van der Waals surface area contributed by atoms with Crippen LogP contribution in [0.15, 0.2) is 28.4 Å². The molecule has 3 rings (SSSR count). The van der Waals surface area contributed by atoms with Gasteiger partial charge in [0.25, 0.3) is 0 Å². The van der Waals surface area contributed by atoms with Gasteiger partial charge >= 0.3 is 0 Å². The second-order valence-electron chi connectivity index (χ2n) is 5.27. The van der Waals surface area contributed by atoms with Crippen molar-refractivity contribution in [2.75, 3.05) is 30.0 Å². The Bertz CT molecular complexity index is 915. The zero-order valence-electron chi connectivity index (χ0n) is 13.1. The lowest BCUT2D eigenvalue weighted by Gasteiger charge is -2.16. The molecule has 0 unspecified atom stereocenters. The highest BCUT2D eigenvalue weighted by atomic mass is 16.3. The minimum Gasteiger partial charge on any atom is -0.396 e. The van der Waals surface area contributed by atoms with Crippen LogP contribution in [0.3, 0.4) is 0 Å². The molecule has 1 aliphatic rings. The third kappa shape index (κ3) is 3.32. The van der Waals surface area contributed by atoms with Crippen molar-refractivity contribution in [1.82, 2.24) is 14.6 Å². The van der Waals surface area contributed by atoms with E-state index in [1.165, 1.54) is 23.0 Å². The van der Waals surface area contributed by atoms with E-state index in [1.54, 1.807) is 6.20 Å². The number of hydrogen-bond donors (Lipinski definition) is 6. The van der Waals surface area contributed by atoms with Crippen LogP contribution < -0.4 is 22.3 Å². The number of nitrogen functional groups attached to an aromatic ring is 2. The van der Waals surface area contributed by atoms with Crippen molar-refractivity contribution in [3.63, 3.8) is 0 Å². The molecule has 2 aromatic rings. The summed E-state index contributed by atoms with van der Waals surface area (Å²) < 4.78 is 1.48. The maximum atomic E-state index is 9.18. The normalized spacial score (nSPS) is 14.3. The highest BCUT2D eigenvalue weighted by molar-refractivity contribution is 6.39. The number of nitrogens with two attached hydrogens (primary N) is 2. The number of aliphatic hydroxyl groups is 2. The molecule has 0 aromatic carbocycles. The summed E-state index contributed by atoms with van der Waals surface area (Å²) in [6.07, 6.45) is 3.08. The zero-order chi connectivity index (χ0) is 18.0. The number of aliphatic imine (C=N–C) groups is 1. The molecule has 11 nitrogen and oxygen atoms in total. The predicted molar refractivity (Wildman–Crippen MR) is 92.8 cm³/mol. The molecule has 0 saturated carbocycles. The third-order valence-corrected chi connectivity index (χ3v) is 3.42. The van der Waals surface area contributed by atoms with Crippen molar-refractivity contribution >= 4 is 34.9 Å². The predicted octanol–water partition coefficient (Wildman–Crippen LogP) is -1.34. The molecule has 0 bridgehead atoms. The van der Waals surface area contributed by atoms with Crippen molar-refractivity contribution in [1.29, 1.82) is 5.41 Å². The number of rotatable bonds is 5. The van der Waals surface area contributed by atoms with E-state index in [4.69, 9.17) is 16.9 Å². The molecule has 0 fully saturated rings. The first kappa shape index (κ1) is 16.5. The van der Waals surface area contributed by atoms with Gasteiger partial charge < -0.3 is 27.0 Å². The Balaban J connectivity index is 2.00. The molecule has 0 amide bonds. The molecule has 0 atom stereocenters. The summed E-state index contributed by atoms with van der Waals surface area (Å²) in [7, 11) is 0. The Morgan fingerprint density at radius 2 is 2.00 bits per heavy atom. The molecule has 130 valence electrons. The second kappa shape index (κ2) is 6.67. The van der Waals surface area contributed by atoms with Crippen LogP contribution in [-0.2, 0) is 0 Å². The minimum absolute atomic E-state index is 0.0822. The molecular weight excluding hydrogens is 326 g/mol. The fourth-order valence-electron chi connectivity index (χ4n) is 2.13. The van der Waals surface area contributed by atoms with Gasteiger partial charge in [0, 0.05) is 12.3 Å². The molecule has 0 saturated heterocycles. The number of anilines is 3. The van der Waals surface area contributed by atoms with Gasteiger partial charge in [-0.25, -0.2) is 19.6 Å². The molecular formula is C14H17N9O2. The van der Waals surface area contributed by atoms with Gasteiger partial charge in [0.1, 0.15) is 11.2 Å². The first-order chi connectivity index (χ1) is 12.0. The summed E-state index contributed by atoms with van der Waals surface area (Å²) in [5.74, 6) is 0.814. The van der Waals surface area contributed by atoms with E-state index in [1.807, 2.05) is 0 Å². The monoisotopic (exact) mass is 343 g/mol. The standard InChI is InChI=1S/C14H17N9O2/c15-8-3-9(16)13(22-12(8)19-7(5-24)6-25)20-10-4-18-23-2-1-11(17)21-14(10)23/h1-4,7,17,24-25H,5-6,15-16H2,(H,19,22)/b17-11?,20-10-. The average molecular weight is 343 g/mol. The number of nitrogens with zero attached hydrogens (tertiary/aromatic N) is 5. The molecule has 0 aliphatic carbocycles. The van der Waals surface area contributed by atoms with E-state index < -0.39 is 6.04 Å². The first-order valence-corrected chi connectivity index (χ1v) is 7.33. The Hall–Kier alpha value is -3.31. The zero-order valence-corrected chi connectivity index (χ0v) is 13.1. The average Bonchev–Trinajstić information content (AvgIpc) is 2.98. The SMILES string of the molecule is N=c1ccn2c(n1)/C(=N\c1nc(NC(CO)CO)c(N)cc1N)C=N2. The second-order valence-corrected chi connectivity index (χ2v) is 5.27. The summed E-state index contributed by atoms with van der Waals surface area (Å²) in [6, 6.07) is 2.37. The number of fused-ring (bicyclic) bond motifs is 1. The van der Waals surface area contributed by atoms with Crippen molar-refractivity contribution in [2.24, 2.45) is 10.1 Å². The van der Waals surface area contributed by atoms with E-state index in [0.29, 0.717) is 11.5 Å². The Morgan fingerprint density at radius 1 is 1.24 bits per heavy atom. The van der Waals surface area contributed by atoms with Gasteiger partial charge in [-0.3, -0.25) is 5.41 Å². The van der Waals surface area contributed by atoms with Crippen LogP contribution in [0, 0.1) is 5.41 Å². The molecule has 1 aliphatic heterocycles. The summed E-state index contributed by atoms with van der Waals surface area (Å²) in [4.78, 5) is 12.7. The maximum absolute atomic E-state index is 9.18. The van der Waals surface area contributed by atoms with Gasteiger partial charge in [-0.15, -0.1) is 0 Å². The number of hydrogen-bond acceptors (Lipinski definition) is 10. The summed E-state index contributed by atoms with van der Waals surface area (Å²) in [6.45, 7) is -0.586. The van der Waals surface area contributed by atoms with Crippen LogP contribution in [0.1, 0.15) is 5.82 Å². The number of pyridine rings is 1. The van der Waals surface area contributed by atoms with Gasteiger partial charge in [-0.2, -0.15) is 5.10 Å². The smallest absolute Gasteiger partial charge is 0.183 e. The topological polar surface area (TPSA) is 184 Å². The van der Waals surface area contributed by atoms with Crippen LogP contribution in [0.5, 0.6) is 0 Å². The van der Waals surface area contributed by atoms with E-state index in [2.05, 4.69) is 25.4 Å². The third-order valence-electron chi connectivity index (χ3n) is 3.42. The molecule has 8 N–H and O–H groups in total. The Labute approximate surface area is 141 Å². The lowest BCUT2D eigenvalue weighted by Crippen LogP contribution is -2.28. The molecule has 11 heteroatoms. The van der Waals surface area contributed by atoms with Crippen molar-refractivity contribution < 1.29 is 10.2 Å². The van der Waals surface area contributed by atoms with Crippen LogP contribution in [0.2, 0.25) is 0 Å². The highest BCUT2D eigenvalue weighted by Gasteiger charge is 2.17. The van der Waals surface area contributed by atoms with Gasteiger partial charge in [0.2, 0.25) is 0 Å². The van der Waals surface area contributed by atoms with Crippen molar-refractivity contribution in [3.05, 3.63) is 29.6 Å². The Morgan fingerprint density at radius 3 is 2.72 bits per heavy atom. The number of aromatic nitrogens is 3. The number of nitrogens with one attached hydrogen (secondary N) is 2. The van der Waals surface area contributed by atoms with Crippen LogP contribution in [-0.4, -0.2) is 56.0 Å². The molecule has 25 heavy (non-hydrogen) atoms. The van der Waals surface area contributed by atoms with Crippen molar-refractivity contribution in [3.8, 4) is 0 Å². The summed E-state index contributed by atoms with van der Waals surface area (Å²) in [5, 5.41) is 32.9. The van der Waals surface area contributed by atoms with E-state index in [-0.39, 0.29) is 41.7 Å². The van der Waals surface area contributed by atoms with Gasteiger partial charge in [-0.05, 0) is 6.07 Å². The minimum atomic E-state index is -0.615. The van der Waals surface area contributed by atoms with E-state index >= 15 is 0 Å². The molecule has 3 heterocycles. The lowest BCUT2D eigenvalue weighted by molar-refractivity contribution is 0.203. The summed E-state index contributed by atoms with van der Waals surface area (Å²) >= 11 is 0. The van der Waals surface area contributed by atoms with Gasteiger partial charge in [-0.1, -0.05) is 0 Å². The quantitative estimate of drug-likeness (QED) is 0.388. The van der Waals surface area contributed by atoms with Crippen molar-refractivity contribution in [2.45, 2.75) is 6.04 Å². The van der Waals surface area contributed by atoms with E-state index in [0.717, 1.165) is 0 Å². The maximum Gasteiger partial charge on any atom is 0.183 e. The molecule has 2 aromatic heterocycles. The van der Waals surface area contributed by atoms with Gasteiger partial charge in [0.05, 0.1) is 36.8 Å². The van der Waals surface area contributed by atoms with Crippen LogP contribution >= 0.6 is 0 Å². The molecule has 0 radical (unpaired) electrons. The van der Waals surface area contributed by atoms with Crippen LogP contribution in [0.4, 0.5) is 23.0 Å². The van der Waals surface area contributed by atoms with E-state index in [9.17, 15) is 10.2 Å². The van der Waals surface area contributed by atoms with Crippen LogP contribution in [0.25, 0.3) is 0 Å². The Kier molecular flexibility index (Phi) is 4.41. The number of aliphatic hydroxyl groups excluding tert-OH is 2. The lowest BCUT2D eigenvalue weighted by atomic mass is 10.3. The summed E-state index contributed by atoms with van der Waals surface area (Å²) in [5.41, 5.74) is 12.8. The highest BCUT2D eigenvalue weighted by Crippen LogP contribution is 2.28. The molecule has 0 spiro atoms. The largest absolute Gasteiger partial charge is 0.396 e. The van der Waals surface area contributed by atoms with Gasteiger partial charge in [0.15, 0.2) is 17.5 Å². The fraction of sp³-hybridized carbons (Fsp3) is 0.214.